The second kappa shape index (κ2) is 3.21. The van der Waals surface area contributed by atoms with Crippen LogP contribution in [0, 0.1) is 6.92 Å². The van der Waals surface area contributed by atoms with Gasteiger partial charge in [0.05, 0.1) is 13.3 Å². The monoisotopic (exact) mass is 167 g/mol. The molecule has 1 aromatic heterocycles. The Morgan fingerprint density at radius 3 is 2.75 bits per heavy atom. The molecule has 0 aliphatic carbocycles. The van der Waals surface area contributed by atoms with Crippen LogP contribution in [0.2, 0.25) is 0 Å². The summed E-state index contributed by atoms with van der Waals surface area (Å²) in [6, 6.07) is 0. The molecule has 1 aromatic rings. The van der Waals surface area contributed by atoms with Crippen LogP contribution in [-0.4, -0.2) is 23.2 Å². The van der Waals surface area contributed by atoms with Crippen LogP contribution in [0.1, 0.15) is 15.9 Å². The van der Waals surface area contributed by atoms with E-state index >= 15 is 0 Å². The van der Waals surface area contributed by atoms with Gasteiger partial charge < -0.3 is 9.84 Å². The molecule has 0 aromatic carbocycles. The molecule has 0 bridgehead atoms. The number of nitrogens with zero attached hydrogens (tertiary/aromatic N) is 1. The van der Waals surface area contributed by atoms with E-state index in [1.165, 1.54) is 19.5 Å². The van der Waals surface area contributed by atoms with E-state index < -0.39 is 5.97 Å². The molecule has 4 heteroatoms. The maximum Gasteiger partial charge on any atom is 0.342 e. The topological polar surface area (TPSA) is 59.4 Å². The summed E-state index contributed by atoms with van der Waals surface area (Å²) in [6.45, 7) is 1.68. The van der Waals surface area contributed by atoms with Gasteiger partial charge in [-0.25, -0.2) is 4.79 Å². The van der Waals surface area contributed by atoms with Gasteiger partial charge >= 0.3 is 5.97 Å². The molecule has 0 saturated heterocycles. The largest absolute Gasteiger partial charge is 0.505 e. The van der Waals surface area contributed by atoms with Gasteiger partial charge in [0.2, 0.25) is 0 Å². The molecule has 1 rings (SSSR count). The van der Waals surface area contributed by atoms with Crippen LogP contribution in [0.15, 0.2) is 12.4 Å². The lowest BCUT2D eigenvalue weighted by Crippen LogP contribution is -2.04. The van der Waals surface area contributed by atoms with Crippen molar-refractivity contribution in [2.45, 2.75) is 6.92 Å². The fraction of sp³-hybridized carbons (Fsp3) is 0.250. The lowest BCUT2D eigenvalue weighted by Gasteiger charge is -2.03. The molecule has 0 fully saturated rings. The number of carbonyl (C=O) groups is 1. The standard InChI is InChI=1S/C8H9NO3/c1-5-3-9-4-6(10)7(5)8(11)12-2/h3-4,10H,1-2H3. The quantitative estimate of drug-likeness (QED) is 0.631. The van der Waals surface area contributed by atoms with Crippen LogP contribution in [0.4, 0.5) is 0 Å². The number of hydrogen-bond acceptors (Lipinski definition) is 4. The number of aromatic nitrogens is 1. The first-order chi connectivity index (χ1) is 5.66. The number of rotatable bonds is 1. The highest BCUT2D eigenvalue weighted by molar-refractivity contribution is 5.93. The average Bonchev–Trinajstić information content (AvgIpc) is 2.03. The molecule has 0 amide bonds. The first kappa shape index (κ1) is 8.52. The third-order valence-electron chi connectivity index (χ3n) is 1.51. The minimum Gasteiger partial charge on any atom is -0.505 e. The van der Waals surface area contributed by atoms with Crippen molar-refractivity contribution in [1.82, 2.24) is 4.98 Å². The number of methoxy groups -OCH3 is 1. The Bertz CT molecular complexity index is 289. The molecule has 1 N–H and O–H groups in total. The summed E-state index contributed by atoms with van der Waals surface area (Å²) in [4.78, 5) is 14.7. The zero-order chi connectivity index (χ0) is 9.14. The van der Waals surface area contributed by atoms with E-state index in [9.17, 15) is 9.90 Å². The maximum atomic E-state index is 11.0. The van der Waals surface area contributed by atoms with Crippen molar-refractivity contribution < 1.29 is 14.6 Å². The van der Waals surface area contributed by atoms with Crippen molar-refractivity contribution >= 4 is 5.97 Å². The maximum absolute atomic E-state index is 11.0. The SMILES string of the molecule is COC(=O)c1c(C)cncc1O. The highest BCUT2D eigenvalue weighted by Gasteiger charge is 2.13. The van der Waals surface area contributed by atoms with Crippen LogP contribution >= 0.6 is 0 Å². The molecular formula is C8H9NO3. The summed E-state index contributed by atoms with van der Waals surface area (Å²) < 4.78 is 4.47. The third kappa shape index (κ3) is 1.37. The van der Waals surface area contributed by atoms with E-state index in [4.69, 9.17) is 0 Å². The van der Waals surface area contributed by atoms with Crippen molar-refractivity contribution in [3.63, 3.8) is 0 Å². The molecule has 0 radical (unpaired) electrons. The van der Waals surface area contributed by atoms with Gasteiger partial charge in [-0.3, -0.25) is 4.98 Å². The fourth-order valence-electron chi connectivity index (χ4n) is 0.918. The number of pyridine rings is 1. The van der Waals surface area contributed by atoms with Gasteiger partial charge in [0, 0.05) is 6.20 Å². The molecule has 0 saturated carbocycles. The number of ether oxygens (including phenoxy) is 1. The number of hydrogen-bond donors (Lipinski definition) is 1. The van der Waals surface area contributed by atoms with Crippen molar-refractivity contribution in [3.8, 4) is 5.75 Å². The van der Waals surface area contributed by atoms with Crippen LogP contribution in [-0.2, 0) is 4.74 Å². The second-order valence-corrected chi connectivity index (χ2v) is 2.34. The van der Waals surface area contributed by atoms with Gasteiger partial charge in [-0.15, -0.1) is 0 Å². The fourth-order valence-corrected chi connectivity index (χ4v) is 0.918. The summed E-state index contributed by atoms with van der Waals surface area (Å²) in [5, 5.41) is 9.23. The molecule has 0 spiro atoms. The Labute approximate surface area is 69.8 Å². The Hall–Kier alpha value is -1.58. The zero-order valence-corrected chi connectivity index (χ0v) is 6.87. The minimum absolute atomic E-state index is 0.151. The Morgan fingerprint density at radius 1 is 1.58 bits per heavy atom. The van der Waals surface area contributed by atoms with Crippen molar-refractivity contribution in [1.29, 1.82) is 0 Å². The number of aromatic hydroxyl groups is 1. The highest BCUT2D eigenvalue weighted by atomic mass is 16.5. The summed E-state index contributed by atoms with van der Waals surface area (Å²) in [5.41, 5.74) is 0.773. The molecule has 0 aliphatic heterocycles. The zero-order valence-electron chi connectivity index (χ0n) is 6.87. The minimum atomic E-state index is -0.549. The Kier molecular flexibility index (Phi) is 2.28. The van der Waals surface area contributed by atoms with Gasteiger partial charge in [0.15, 0.2) is 0 Å². The van der Waals surface area contributed by atoms with Gasteiger partial charge in [0.1, 0.15) is 11.3 Å². The summed E-state index contributed by atoms with van der Waals surface area (Å²) in [5.74, 6) is -0.700. The van der Waals surface area contributed by atoms with Gasteiger partial charge in [-0.05, 0) is 12.5 Å². The van der Waals surface area contributed by atoms with Crippen LogP contribution in [0.3, 0.4) is 0 Å². The van der Waals surface area contributed by atoms with E-state index in [1.807, 2.05) is 0 Å². The lowest BCUT2D eigenvalue weighted by molar-refractivity contribution is 0.0596. The third-order valence-corrected chi connectivity index (χ3v) is 1.51. The Balaban J connectivity index is 3.21. The van der Waals surface area contributed by atoms with Gasteiger partial charge in [0.25, 0.3) is 0 Å². The molecule has 0 aliphatic rings. The van der Waals surface area contributed by atoms with Crippen molar-refractivity contribution in [2.75, 3.05) is 7.11 Å². The molecule has 12 heavy (non-hydrogen) atoms. The molecule has 64 valence electrons. The second-order valence-electron chi connectivity index (χ2n) is 2.34. The van der Waals surface area contributed by atoms with Crippen molar-refractivity contribution in [2.24, 2.45) is 0 Å². The van der Waals surface area contributed by atoms with Crippen LogP contribution in [0.5, 0.6) is 5.75 Å². The van der Waals surface area contributed by atoms with Crippen LogP contribution in [0.25, 0.3) is 0 Å². The summed E-state index contributed by atoms with van der Waals surface area (Å²) in [6.07, 6.45) is 2.70. The lowest BCUT2D eigenvalue weighted by atomic mass is 10.1. The summed E-state index contributed by atoms with van der Waals surface area (Å²) >= 11 is 0. The average molecular weight is 167 g/mol. The van der Waals surface area contributed by atoms with Gasteiger partial charge in [-0.1, -0.05) is 0 Å². The first-order valence-electron chi connectivity index (χ1n) is 3.38. The predicted molar refractivity (Wildman–Crippen MR) is 42.0 cm³/mol. The summed E-state index contributed by atoms with van der Waals surface area (Å²) in [7, 11) is 1.27. The number of carbonyl (C=O) groups excluding carboxylic acids is 1. The molecular weight excluding hydrogens is 158 g/mol. The number of esters is 1. The van der Waals surface area contributed by atoms with E-state index in [-0.39, 0.29) is 11.3 Å². The predicted octanol–water partition coefficient (Wildman–Crippen LogP) is 0.882. The van der Waals surface area contributed by atoms with Crippen molar-refractivity contribution in [3.05, 3.63) is 23.5 Å². The highest BCUT2D eigenvalue weighted by Crippen LogP contribution is 2.19. The molecule has 4 nitrogen and oxygen atoms in total. The Morgan fingerprint density at radius 2 is 2.25 bits per heavy atom. The van der Waals surface area contributed by atoms with Crippen LogP contribution < -0.4 is 0 Å². The normalized spacial score (nSPS) is 9.50. The number of aryl methyl sites for hydroxylation is 1. The molecule has 0 atom stereocenters. The van der Waals surface area contributed by atoms with Gasteiger partial charge in [-0.2, -0.15) is 0 Å². The van der Waals surface area contributed by atoms with E-state index in [0.717, 1.165) is 0 Å². The molecule has 0 unspecified atom stereocenters. The smallest absolute Gasteiger partial charge is 0.342 e. The van der Waals surface area contributed by atoms with E-state index in [1.54, 1.807) is 6.92 Å². The first-order valence-corrected chi connectivity index (χ1v) is 3.38. The van der Waals surface area contributed by atoms with E-state index in [2.05, 4.69) is 9.72 Å². The van der Waals surface area contributed by atoms with E-state index in [0.29, 0.717) is 5.56 Å². The molecule has 1 heterocycles.